The van der Waals surface area contributed by atoms with E-state index in [0.717, 1.165) is 43.9 Å². The van der Waals surface area contributed by atoms with Gasteiger partial charge in [0.15, 0.2) is 5.82 Å². The van der Waals surface area contributed by atoms with Gasteiger partial charge in [-0.25, -0.2) is 14.6 Å². The molecule has 8 nitrogen and oxygen atoms in total. The number of carbonyl (C=O) groups excluding carboxylic acids is 1. The second kappa shape index (κ2) is 8.57. The molecule has 152 valence electrons. The number of imidazole rings is 1. The van der Waals surface area contributed by atoms with Gasteiger partial charge in [-0.1, -0.05) is 13.0 Å². The number of hydrogen-bond acceptors (Lipinski definition) is 5. The molecule has 1 fully saturated rings. The van der Waals surface area contributed by atoms with E-state index >= 15 is 0 Å². The molecule has 8 heteroatoms. The molecule has 4 rings (SSSR count). The zero-order valence-electron chi connectivity index (χ0n) is 17.0. The Balaban J connectivity index is 1.48. The van der Waals surface area contributed by atoms with Crippen LogP contribution < -0.4 is 0 Å². The highest BCUT2D eigenvalue weighted by atomic mass is 16.2. The Hall–Kier alpha value is -3.00. The van der Waals surface area contributed by atoms with Gasteiger partial charge in [0.05, 0.1) is 11.8 Å². The van der Waals surface area contributed by atoms with E-state index in [4.69, 9.17) is 0 Å². The number of hydrogen-bond donors (Lipinski definition) is 1. The van der Waals surface area contributed by atoms with Crippen LogP contribution in [0.2, 0.25) is 0 Å². The molecule has 0 unspecified atom stereocenters. The first-order valence-electron chi connectivity index (χ1n) is 10.2. The zero-order chi connectivity index (χ0) is 20.2. The average molecular weight is 393 g/mol. The minimum atomic E-state index is -0.0120. The average Bonchev–Trinajstić information content (AvgIpc) is 3.45. The minimum absolute atomic E-state index is 0.0120. The maximum Gasteiger partial charge on any atom is 0.274 e. The van der Waals surface area contributed by atoms with E-state index in [-0.39, 0.29) is 11.9 Å². The van der Waals surface area contributed by atoms with Crippen molar-refractivity contribution in [3.63, 3.8) is 0 Å². The SMILES string of the molecule is CCN1CCC(N(CC)C(=O)c2c[nH]c(-c3cnn(-c4ccccn4)c3)n2)CC1. The van der Waals surface area contributed by atoms with Gasteiger partial charge in [0, 0.05) is 44.3 Å². The molecular formula is C21H27N7O. The highest BCUT2D eigenvalue weighted by molar-refractivity contribution is 5.93. The number of nitrogens with one attached hydrogen (secondary N) is 1. The Bertz CT molecular complexity index is 941. The van der Waals surface area contributed by atoms with Crippen molar-refractivity contribution < 1.29 is 4.79 Å². The highest BCUT2D eigenvalue weighted by Crippen LogP contribution is 2.21. The molecule has 0 radical (unpaired) electrons. The van der Waals surface area contributed by atoms with E-state index in [1.807, 2.05) is 36.2 Å². The number of pyridine rings is 1. The molecule has 0 saturated carbocycles. The molecule has 0 atom stereocenters. The molecule has 29 heavy (non-hydrogen) atoms. The second-order valence-corrected chi connectivity index (χ2v) is 7.25. The summed E-state index contributed by atoms with van der Waals surface area (Å²) < 4.78 is 1.69. The van der Waals surface area contributed by atoms with Crippen LogP contribution in [0.25, 0.3) is 17.2 Å². The van der Waals surface area contributed by atoms with Crippen molar-refractivity contribution in [2.45, 2.75) is 32.7 Å². The van der Waals surface area contributed by atoms with Crippen LogP contribution in [0.4, 0.5) is 0 Å². The molecule has 0 aliphatic carbocycles. The van der Waals surface area contributed by atoms with Gasteiger partial charge in [-0.3, -0.25) is 4.79 Å². The number of likely N-dealkylation sites (tertiary alicyclic amines) is 1. The predicted octanol–water partition coefficient (Wildman–Crippen LogP) is 2.60. The summed E-state index contributed by atoms with van der Waals surface area (Å²) in [6.45, 7) is 8.07. The molecule has 0 bridgehead atoms. The van der Waals surface area contributed by atoms with Crippen LogP contribution in [0.1, 0.15) is 37.2 Å². The van der Waals surface area contributed by atoms with Crippen molar-refractivity contribution in [3.8, 4) is 17.2 Å². The molecular weight excluding hydrogens is 366 g/mol. The molecule has 3 aromatic rings. The van der Waals surface area contributed by atoms with E-state index < -0.39 is 0 Å². The molecule has 0 aromatic carbocycles. The lowest BCUT2D eigenvalue weighted by Gasteiger charge is -2.37. The fourth-order valence-electron chi connectivity index (χ4n) is 3.90. The minimum Gasteiger partial charge on any atom is -0.344 e. The van der Waals surface area contributed by atoms with E-state index in [1.54, 1.807) is 23.3 Å². The van der Waals surface area contributed by atoms with Crippen LogP contribution in [0.3, 0.4) is 0 Å². The molecule has 1 aliphatic heterocycles. The van der Waals surface area contributed by atoms with Crippen LogP contribution in [0.15, 0.2) is 43.0 Å². The first kappa shape index (κ1) is 19.3. The van der Waals surface area contributed by atoms with Gasteiger partial charge in [0.2, 0.25) is 0 Å². The van der Waals surface area contributed by atoms with Crippen LogP contribution in [0, 0.1) is 0 Å². The summed E-state index contributed by atoms with van der Waals surface area (Å²) in [6, 6.07) is 5.95. The van der Waals surface area contributed by atoms with Gasteiger partial charge in [-0.2, -0.15) is 5.10 Å². The van der Waals surface area contributed by atoms with Crippen molar-refractivity contribution in [1.82, 2.24) is 34.5 Å². The standard InChI is InChI=1S/C21H27N7O/c1-3-26-11-8-17(9-12-26)27(4-2)21(29)18-14-23-20(25-18)16-13-24-28(15-16)19-7-5-6-10-22-19/h5-7,10,13-15,17H,3-4,8-9,11-12H2,1-2H3,(H,23,25). The van der Waals surface area contributed by atoms with Gasteiger partial charge in [0.25, 0.3) is 5.91 Å². The third kappa shape index (κ3) is 4.07. The van der Waals surface area contributed by atoms with E-state index in [1.165, 1.54) is 0 Å². The van der Waals surface area contributed by atoms with E-state index in [2.05, 4.69) is 31.9 Å². The molecule has 1 aliphatic rings. The number of carbonyl (C=O) groups is 1. The van der Waals surface area contributed by atoms with Crippen LogP contribution in [-0.4, -0.2) is 72.7 Å². The Morgan fingerprint density at radius 2 is 2.10 bits per heavy atom. The molecule has 3 aromatic heterocycles. The lowest BCUT2D eigenvalue weighted by Crippen LogP contribution is -2.47. The molecule has 1 saturated heterocycles. The van der Waals surface area contributed by atoms with Gasteiger partial charge in [-0.15, -0.1) is 0 Å². The quantitative estimate of drug-likeness (QED) is 0.696. The molecule has 4 heterocycles. The number of H-pyrrole nitrogens is 1. The fourth-order valence-corrected chi connectivity index (χ4v) is 3.90. The summed E-state index contributed by atoms with van der Waals surface area (Å²) in [4.78, 5) is 29.5. The summed E-state index contributed by atoms with van der Waals surface area (Å²) in [5, 5.41) is 4.35. The Labute approximate surface area is 170 Å². The van der Waals surface area contributed by atoms with Crippen LogP contribution >= 0.6 is 0 Å². The van der Waals surface area contributed by atoms with Crippen molar-refractivity contribution in [2.75, 3.05) is 26.2 Å². The molecule has 1 N–H and O–H groups in total. The van der Waals surface area contributed by atoms with Crippen molar-refractivity contribution >= 4 is 5.91 Å². The maximum absolute atomic E-state index is 13.1. The van der Waals surface area contributed by atoms with Crippen LogP contribution in [0.5, 0.6) is 0 Å². The van der Waals surface area contributed by atoms with Crippen molar-refractivity contribution in [2.24, 2.45) is 0 Å². The summed E-state index contributed by atoms with van der Waals surface area (Å²) in [5.41, 5.74) is 1.26. The number of rotatable bonds is 6. The third-order valence-corrected chi connectivity index (χ3v) is 5.58. The second-order valence-electron chi connectivity index (χ2n) is 7.25. The highest BCUT2D eigenvalue weighted by Gasteiger charge is 2.28. The number of amides is 1. The van der Waals surface area contributed by atoms with Gasteiger partial charge in [-0.05, 0) is 38.4 Å². The normalized spacial score (nSPS) is 15.5. The maximum atomic E-state index is 13.1. The topological polar surface area (TPSA) is 82.9 Å². The van der Waals surface area contributed by atoms with Crippen molar-refractivity contribution in [3.05, 3.63) is 48.7 Å². The predicted molar refractivity (Wildman–Crippen MR) is 111 cm³/mol. The third-order valence-electron chi connectivity index (χ3n) is 5.58. The summed E-state index contributed by atoms with van der Waals surface area (Å²) in [5.74, 6) is 1.35. The first-order chi connectivity index (χ1) is 14.2. The summed E-state index contributed by atoms with van der Waals surface area (Å²) in [7, 11) is 0. The lowest BCUT2D eigenvalue weighted by molar-refractivity contribution is 0.0587. The number of aromatic amines is 1. The van der Waals surface area contributed by atoms with Gasteiger partial charge < -0.3 is 14.8 Å². The number of aromatic nitrogens is 5. The zero-order valence-corrected chi connectivity index (χ0v) is 17.0. The van der Waals surface area contributed by atoms with Gasteiger partial charge in [0.1, 0.15) is 11.5 Å². The first-order valence-corrected chi connectivity index (χ1v) is 10.2. The monoisotopic (exact) mass is 393 g/mol. The Morgan fingerprint density at radius 3 is 2.79 bits per heavy atom. The number of nitrogens with zero attached hydrogens (tertiary/aromatic N) is 6. The smallest absolute Gasteiger partial charge is 0.274 e. The Kier molecular flexibility index (Phi) is 5.71. The summed E-state index contributed by atoms with van der Waals surface area (Å²) in [6.07, 6.45) is 9.03. The summed E-state index contributed by atoms with van der Waals surface area (Å²) >= 11 is 0. The number of piperidine rings is 1. The van der Waals surface area contributed by atoms with Gasteiger partial charge >= 0.3 is 0 Å². The molecule has 0 spiro atoms. The lowest BCUT2D eigenvalue weighted by atomic mass is 10.0. The molecule has 1 amide bonds. The fraction of sp³-hybridized carbons (Fsp3) is 0.429. The van der Waals surface area contributed by atoms with Crippen molar-refractivity contribution in [1.29, 1.82) is 0 Å². The van der Waals surface area contributed by atoms with Crippen LogP contribution in [-0.2, 0) is 0 Å². The van der Waals surface area contributed by atoms with E-state index in [0.29, 0.717) is 18.1 Å². The largest absolute Gasteiger partial charge is 0.344 e. The Morgan fingerprint density at radius 1 is 1.28 bits per heavy atom. The van der Waals surface area contributed by atoms with E-state index in [9.17, 15) is 4.79 Å².